The summed E-state index contributed by atoms with van der Waals surface area (Å²) in [5.41, 5.74) is 3.18. The molecule has 0 saturated heterocycles. The molecule has 0 bridgehead atoms. The lowest BCUT2D eigenvalue weighted by Crippen LogP contribution is -2.29. The number of halogens is 3. The van der Waals surface area contributed by atoms with E-state index in [1.54, 1.807) is 21.0 Å². The number of fused-ring (bicyclic) bond motifs is 1. The first kappa shape index (κ1) is 21.5. The minimum absolute atomic E-state index is 0.0553. The van der Waals surface area contributed by atoms with Gasteiger partial charge in [0.1, 0.15) is 5.75 Å². The SMILES string of the molecule is COc1ccc(C)cc1C(C)NC(=O)Cc1c(C)nc2nc(C(F)(F)F)nn2c1C. The Balaban J connectivity index is 1.85. The van der Waals surface area contributed by atoms with Gasteiger partial charge in [-0.3, -0.25) is 4.79 Å². The van der Waals surface area contributed by atoms with Gasteiger partial charge in [0.15, 0.2) is 0 Å². The molecule has 0 radical (unpaired) electrons. The lowest BCUT2D eigenvalue weighted by molar-refractivity contribution is -0.144. The van der Waals surface area contributed by atoms with Gasteiger partial charge >= 0.3 is 6.18 Å². The van der Waals surface area contributed by atoms with Crippen molar-refractivity contribution < 1.29 is 22.7 Å². The monoisotopic (exact) mass is 421 g/mol. The van der Waals surface area contributed by atoms with Crippen LogP contribution in [0.3, 0.4) is 0 Å². The van der Waals surface area contributed by atoms with Crippen LogP contribution in [-0.2, 0) is 17.4 Å². The third-order valence-corrected chi connectivity index (χ3v) is 4.87. The average molecular weight is 421 g/mol. The van der Waals surface area contributed by atoms with Crippen LogP contribution < -0.4 is 10.1 Å². The lowest BCUT2D eigenvalue weighted by atomic mass is 10.0. The number of aryl methyl sites for hydroxylation is 3. The summed E-state index contributed by atoms with van der Waals surface area (Å²) in [6.07, 6.45) is -4.73. The van der Waals surface area contributed by atoms with Crippen molar-refractivity contribution in [2.45, 2.75) is 46.3 Å². The third kappa shape index (κ3) is 4.22. The summed E-state index contributed by atoms with van der Waals surface area (Å²) >= 11 is 0. The van der Waals surface area contributed by atoms with E-state index in [4.69, 9.17) is 4.74 Å². The fourth-order valence-electron chi connectivity index (χ4n) is 3.31. The summed E-state index contributed by atoms with van der Waals surface area (Å²) in [7, 11) is 1.56. The summed E-state index contributed by atoms with van der Waals surface area (Å²) in [6.45, 7) is 7.00. The van der Waals surface area contributed by atoms with Gasteiger partial charge in [0, 0.05) is 22.5 Å². The van der Waals surface area contributed by atoms with Crippen LogP contribution in [0.25, 0.3) is 5.78 Å². The number of carbonyl (C=O) groups is 1. The first-order valence-electron chi connectivity index (χ1n) is 9.25. The number of hydrogen-bond acceptors (Lipinski definition) is 5. The van der Waals surface area contributed by atoms with Gasteiger partial charge in [-0.15, -0.1) is 5.10 Å². The van der Waals surface area contributed by atoms with E-state index in [2.05, 4.69) is 20.4 Å². The van der Waals surface area contributed by atoms with Crippen LogP contribution in [-0.4, -0.2) is 32.6 Å². The van der Waals surface area contributed by atoms with Gasteiger partial charge in [-0.25, -0.2) is 9.50 Å². The van der Waals surface area contributed by atoms with E-state index < -0.39 is 12.0 Å². The quantitative estimate of drug-likeness (QED) is 0.682. The standard InChI is InChI=1S/C20H22F3N5O2/c1-10-6-7-16(30-5)15(8-10)12(3)24-17(29)9-14-11(2)25-19-26-18(20(21,22)23)27-28(19)13(14)4/h6-8,12H,9H2,1-5H3,(H,24,29). The molecule has 0 aliphatic heterocycles. The molecule has 0 aliphatic rings. The molecule has 1 atom stereocenters. The number of carbonyl (C=O) groups excluding carboxylic acids is 1. The number of hydrogen-bond donors (Lipinski definition) is 1. The van der Waals surface area contributed by atoms with Gasteiger partial charge in [0.2, 0.25) is 5.91 Å². The molecule has 0 spiro atoms. The minimum atomic E-state index is -4.67. The second-order valence-corrected chi connectivity index (χ2v) is 7.12. The Bertz CT molecular complexity index is 1110. The average Bonchev–Trinajstić information content (AvgIpc) is 3.09. The van der Waals surface area contributed by atoms with Crippen LogP contribution in [0, 0.1) is 20.8 Å². The van der Waals surface area contributed by atoms with Crippen molar-refractivity contribution in [3.05, 3.63) is 52.1 Å². The molecule has 3 aromatic rings. The summed E-state index contributed by atoms with van der Waals surface area (Å²) in [6, 6.07) is 5.36. The molecule has 2 heterocycles. The van der Waals surface area contributed by atoms with Gasteiger partial charge in [0.25, 0.3) is 11.6 Å². The molecule has 10 heteroatoms. The van der Waals surface area contributed by atoms with E-state index in [0.717, 1.165) is 15.6 Å². The highest BCUT2D eigenvalue weighted by Gasteiger charge is 2.37. The Kier molecular flexibility index (Phi) is 5.69. The molecule has 1 N–H and O–H groups in total. The van der Waals surface area contributed by atoms with Crippen LogP contribution >= 0.6 is 0 Å². The Morgan fingerprint density at radius 1 is 1.23 bits per heavy atom. The van der Waals surface area contributed by atoms with E-state index in [9.17, 15) is 18.0 Å². The van der Waals surface area contributed by atoms with E-state index >= 15 is 0 Å². The van der Waals surface area contributed by atoms with Crippen LogP contribution in [0.4, 0.5) is 13.2 Å². The molecule has 0 saturated carbocycles. The van der Waals surface area contributed by atoms with Crippen LogP contribution in [0.2, 0.25) is 0 Å². The fourth-order valence-corrected chi connectivity index (χ4v) is 3.31. The minimum Gasteiger partial charge on any atom is -0.496 e. The molecule has 7 nitrogen and oxygen atoms in total. The molecule has 1 aromatic carbocycles. The zero-order valence-electron chi connectivity index (χ0n) is 17.3. The topological polar surface area (TPSA) is 81.4 Å². The summed E-state index contributed by atoms with van der Waals surface area (Å²) in [4.78, 5) is 20.2. The molecule has 0 aliphatic carbocycles. The first-order chi connectivity index (χ1) is 14.0. The number of nitrogens with zero attached hydrogens (tertiary/aromatic N) is 4. The number of rotatable bonds is 5. The predicted octanol–water partition coefficient (Wildman–Crippen LogP) is 3.50. The van der Waals surface area contributed by atoms with Crippen molar-refractivity contribution in [2.75, 3.05) is 7.11 Å². The lowest BCUT2D eigenvalue weighted by Gasteiger charge is -2.18. The highest BCUT2D eigenvalue weighted by atomic mass is 19.4. The van der Waals surface area contributed by atoms with Gasteiger partial charge in [0.05, 0.1) is 19.6 Å². The Labute approximate surface area is 171 Å². The Morgan fingerprint density at radius 2 is 1.93 bits per heavy atom. The first-order valence-corrected chi connectivity index (χ1v) is 9.25. The molecular formula is C20H22F3N5O2. The largest absolute Gasteiger partial charge is 0.496 e. The van der Waals surface area contributed by atoms with E-state index in [0.29, 0.717) is 22.7 Å². The van der Waals surface area contributed by atoms with Crippen molar-refractivity contribution >= 4 is 11.7 Å². The van der Waals surface area contributed by atoms with Crippen molar-refractivity contribution in [1.29, 1.82) is 0 Å². The normalized spacial score (nSPS) is 12.8. The van der Waals surface area contributed by atoms with Crippen LogP contribution in [0.15, 0.2) is 18.2 Å². The number of aromatic nitrogens is 4. The molecule has 30 heavy (non-hydrogen) atoms. The number of amides is 1. The number of benzene rings is 1. The maximum absolute atomic E-state index is 12.9. The van der Waals surface area contributed by atoms with E-state index in [1.165, 1.54) is 0 Å². The second kappa shape index (κ2) is 7.92. The zero-order chi connectivity index (χ0) is 22.2. The van der Waals surface area contributed by atoms with Crippen LogP contribution in [0.5, 0.6) is 5.75 Å². The molecule has 2 aromatic heterocycles. The van der Waals surface area contributed by atoms with E-state index in [1.807, 2.05) is 32.0 Å². The molecule has 1 amide bonds. The number of methoxy groups -OCH3 is 1. The summed E-state index contributed by atoms with van der Waals surface area (Å²) in [5, 5.41) is 6.41. The third-order valence-electron chi connectivity index (χ3n) is 4.87. The van der Waals surface area contributed by atoms with Gasteiger partial charge in [-0.2, -0.15) is 18.2 Å². The maximum Gasteiger partial charge on any atom is 0.453 e. The van der Waals surface area contributed by atoms with Crippen molar-refractivity contribution in [3.63, 3.8) is 0 Å². The predicted molar refractivity (Wildman–Crippen MR) is 103 cm³/mol. The van der Waals surface area contributed by atoms with Crippen molar-refractivity contribution in [2.24, 2.45) is 0 Å². The van der Waals surface area contributed by atoms with Gasteiger partial charge in [-0.1, -0.05) is 17.7 Å². The van der Waals surface area contributed by atoms with Crippen LogP contribution in [0.1, 0.15) is 46.9 Å². The van der Waals surface area contributed by atoms with Crippen molar-refractivity contribution in [1.82, 2.24) is 24.9 Å². The highest BCUT2D eigenvalue weighted by molar-refractivity contribution is 5.79. The smallest absolute Gasteiger partial charge is 0.453 e. The van der Waals surface area contributed by atoms with Gasteiger partial charge in [-0.05, 0) is 33.8 Å². The fraction of sp³-hybridized carbons (Fsp3) is 0.400. The Morgan fingerprint density at radius 3 is 2.57 bits per heavy atom. The molecule has 0 fully saturated rings. The number of ether oxygens (including phenoxy) is 1. The second-order valence-electron chi connectivity index (χ2n) is 7.12. The molecule has 1 unspecified atom stereocenters. The van der Waals surface area contributed by atoms with Gasteiger partial charge < -0.3 is 10.1 Å². The highest BCUT2D eigenvalue weighted by Crippen LogP contribution is 2.28. The number of alkyl halides is 3. The molecular weight excluding hydrogens is 399 g/mol. The molecule has 160 valence electrons. The zero-order valence-corrected chi connectivity index (χ0v) is 17.3. The molecule has 3 rings (SSSR count). The maximum atomic E-state index is 12.9. The van der Waals surface area contributed by atoms with Crippen molar-refractivity contribution in [3.8, 4) is 5.75 Å². The Hall–Kier alpha value is -3.17. The number of nitrogens with one attached hydrogen (secondary N) is 1. The van der Waals surface area contributed by atoms with E-state index in [-0.39, 0.29) is 24.1 Å². The summed E-state index contributed by atoms with van der Waals surface area (Å²) < 4.78 is 45.2. The summed E-state index contributed by atoms with van der Waals surface area (Å²) in [5.74, 6) is -1.06.